The van der Waals surface area contributed by atoms with Gasteiger partial charge in [0.05, 0.1) is 17.3 Å². The Morgan fingerprint density at radius 1 is 1.14 bits per heavy atom. The molecule has 0 spiro atoms. The van der Waals surface area contributed by atoms with Gasteiger partial charge >= 0.3 is 6.18 Å². The summed E-state index contributed by atoms with van der Waals surface area (Å²) in [7, 11) is 0. The van der Waals surface area contributed by atoms with Crippen molar-refractivity contribution in [2.75, 3.05) is 0 Å². The molecule has 0 aliphatic heterocycles. The lowest BCUT2D eigenvalue weighted by Crippen LogP contribution is -2.17. The van der Waals surface area contributed by atoms with Crippen molar-refractivity contribution in [1.82, 2.24) is 9.99 Å². The van der Waals surface area contributed by atoms with Crippen LogP contribution in [0.15, 0.2) is 72.0 Å². The summed E-state index contributed by atoms with van der Waals surface area (Å²) in [6.45, 7) is -0.199. The minimum absolute atomic E-state index is 0.0558. The number of fused-ring (bicyclic) bond motifs is 1. The standard InChI is InChI=1S/C25H16F4N4O2/c26-19-5-6-21(25(27,28)29)18(11-19)14-33-9-8-20-16(2-1-3-22(20)33)13-31-32-24(35)15-4-7-23(34)17(10-15)12-30/h1-11,13,34H,14H2,(H,32,35)/b31-13+. The third kappa shape index (κ3) is 4.99. The van der Waals surface area contributed by atoms with Gasteiger partial charge in [-0.15, -0.1) is 0 Å². The van der Waals surface area contributed by atoms with Gasteiger partial charge in [-0.25, -0.2) is 9.82 Å². The maximum Gasteiger partial charge on any atom is 0.416 e. The van der Waals surface area contributed by atoms with Gasteiger partial charge in [-0.1, -0.05) is 12.1 Å². The number of hydrazone groups is 1. The molecule has 0 bridgehead atoms. The second-order valence-corrected chi connectivity index (χ2v) is 7.57. The number of phenols is 1. The normalized spacial score (nSPS) is 11.6. The lowest BCUT2D eigenvalue weighted by Gasteiger charge is -2.14. The number of hydrogen-bond donors (Lipinski definition) is 2. The van der Waals surface area contributed by atoms with E-state index in [0.29, 0.717) is 16.5 Å². The maximum atomic E-state index is 13.7. The van der Waals surface area contributed by atoms with Gasteiger partial charge in [-0.3, -0.25) is 4.79 Å². The van der Waals surface area contributed by atoms with Crippen LogP contribution in [0.3, 0.4) is 0 Å². The third-order valence-electron chi connectivity index (χ3n) is 5.31. The van der Waals surface area contributed by atoms with E-state index in [1.807, 2.05) is 0 Å². The predicted molar refractivity (Wildman–Crippen MR) is 120 cm³/mol. The Morgan fingerprint density at radius 3 is 2.69 bits per heavy atom. The van der Waals surface area contributed by atoms with E-state index in [-0.39, 0.29) is 29.0 Å². The summed E-state index contributed by atoms with van der Waals surface area (Å²) in [6.07, 6.45) is -1.65. The van der Waals surface area contributed by atoms with Crippen molar-refractivity contribution in [1.29, 1.82) is 5.26 Å². The zero-order chi connectivity index (χ0) is 25.2. The van der Waals surface area contributed by atoms with E-state index in [1.165, 1.54) is 24.4 Å². The van der Waals surface area contributed by atoms with E-state index in [1.54, 1.807) is 41.1 Å². The van der Waals surface area contributed by atoms with Crippen LogP contribution < -0.4 is 5.43 Å². The fraction of sp³-hybridized carbons (Fsp3) is 0.0800. The van der Waals surface area contributed by atoms with Crippen molar-refractivity contribution >= 4 is 23.0 Å². The molecule has 4 rings (SSSR count). The quantitative estimate of drug-likeness (QED) is 0.234. The molecule has 4 aromatic rings. The van der Waals surface area contributed by atoms with Crippen LogP contribution in [0.2, 0.25) is 0 Å². The van der Waals surface area contributed by atoms with Gasteiger partial charge in [0.15, 0.2) is 0 Å². The first-order chi connectivity index (χ1) is 16.7. The second kappa shape index (κ2) is 9.30. The molecule has 10 heteroatoms. The number of hydrogen-bond acceptors (Lipinski definition) is 4. The highest BCUT2D eigenvalue weighted by Gasteiger charge is 2.33. The zero-order valence-electron chi connectivity index (χ0n) is 17.8. The number of rotatable bonds is 5. The van der Waals surface area contributed by atoms with E-state index in [9.17, 15) is 27.5 Å². The molecule has 0 saturated carbocycles. The van der Waals surface area contributed by atoms with Crippen molar-refractivity contribution < 1.29 is 27.5 Å². The zero-order valence-corrected chi connectivity index (χ0v) is 17.8. The van der Waals surface area contributed by atoms with Crippen molar-refractivity contribution in [2.24, 2.45) is 5.10 Å². The number of alkyl halides is 3. The van der Waals surface area contributed by atoms with Crippen LogP contribution in [-0.2, 0) is 12.7 Å². The lowest BCUT2D eigenvalue weighted by atomic mass is 10.1. The van der Waals surface area contributed by atoms with Crippen LogP contribution in [-0.4, -0.2) is 21.8 Å². The summed E-state index contributed by atoms with van der Waals surface area (Å²) >= 11 is 0. The summed E-state index contributed by atoms with van der Waals surface area (Å²) in [6, 6.07) is 14.7. The smallest absolute Gasteiger partial charge is 0.416 e. The molecule has 6 nitrogen and oxygen atoms in total. The molecule has 0 radical (unpaired) electrons. The molecule has 0 fully saturated rings. The summed E-state index contributed by atoms with van der Waals surface area (Å²) in [5.74, 6) is -1.61. The molecule has 1 aromatic heterocycles. The highest BCUT2D eigenvalue weighted by molar-refractivity contribution is 6.00. The Labute approximate surface area is 196 Å². The van der Waals surface area contributed by atoms with Crippen LogP contribution >= 0.6 is 0 Å². The van der Waals surface area contributed by atoms with E-state index in [2.05, 4.69) is 10.5 Å². The summed E-state index contributed by atoms with van der Waals surface area (Å²) in [4.78, 5) is 12.3. The van der Waals surface area contributed by atoms with Gasteiger partial charge in [0.1, 0.15) is 17.6 Å². The van der Waals surface area contributed by atoms with Gasteiger partial charge in [-0.2, -0.15) is 23.5 Å². The Morgan fingerprint density at radius 2 is 1.94 bits per heavy atom. The first-order valence-corrected chi connectivity index (χ1v) is 10.2. The molecule has 1 heterocycles. The number of benzene rings is 3. The number of carbonyl (C=O) groups is 1. The average Bonchev–Trinajstić information content (AvgIpc) is 3.22. The number of phenolic OH excluding ortho intramolecular Hbond substituents is 1. The molecule has 0 aliphatic carbocycles. The number of carbonyl (C=O) groups excluding carboxylic acids is 1. The van der Waals surface area contributed by atoms with Crippen molar-refractivity contribution in [2.45, 2.75) is 12.7 Å². The van der Waals surface area contributed by atoms with Gasteiger partial charge in [0, 0.05) is 34.8 Å². The van der Waals surface area contributed by atoms with Crippen molar-refractivity contribution in [3.63, 3.8) is 0 Å². The number of halogens is 4. The molecule has 176 valence electrons. The van der Waals surface area contributed by atoms with Crippen molar-refractivity contribution in [3.8, 4) is 11.8 Å². The van der Waals surface area contributed by atoms with Gasteiger partial charge in [0.2, 0.25) is 0 Å². The number of nitrogens with zero attached hydrogens (tertiary/aromatic N) is 3. The molecule has 0 unspecified atom stereocenters. The number of nitriles is 1. The molecular weight excluding hydrogens is 464 g/mol. The van der Waals surface area contributed by atoms with Gasteiger partial charge in [0.25, 0.3) is 5.91 Å². The summed E-state index contributed by atoms with van der Waals surface area (Å²) in [5, 5.41) is 23.1. The number of aromatic hydroxyl groups is 1. The third-order valence-corrected chi connectivity index (χ3v) is 5.31. The average molecular weight is 480 g/mol. The Hall–Kier alpha value is -4.65. The van der Waals surface area contributed by atoms with E-state index in [0.717, 1.165) is 18.2 Å². The lowest BCUT2D eigenvalue weighted by molar-refractivity contribution is -0.138. The Kier molecular flexibility index (Phi) is 6.25. The molecular formula is C25H16F4N4O2. The molecule has 35 heavy (non-hydrogen) atoms. The number of aromatic nitrogens is 1. The number of amides is 1. The molecule has 0 aliphatic rings. The van der Waals surface area contributed by atoms with Gasteiger partial charge < -0.3 is 9.67 Å². The van der Waals surface area contributed by atoms with E-state index >= 15 is 0 Å². The monoisotopic (exact) mass is 480 g/mol. The van der Waals surface area contributed by atoms with Crippen LogP contribution in [0.1, 0.15) is 32.6 Å². The topological polar surface area (TPSA) is 90.4 Å². The van der Waals surface area contributed by atoms with Crippen LogP contribution in [0.25, 0.3) is 10.9 Å². The molecule has 0 saturated heterocycles. The minimum atomic E-state index is -4.62. The predicted octanol–water partition coefficient (Wildman–Crippen LogP) is 5.19. The van der Waals surface area contributed by atoms with Crippen LogP contribution in [0.4, 0.5) is 17.6 Å². The van der Waals surface area contributed by atoms with Crippen LogP contribution in [0, 0.1) is 17.1 Å². The largest absolute Gasteiger partial charge is 0.507 e. The number of nitrogens with one attached hydrogen (secondary N) is 1. The second-order valence-electron chi connectivity index (χ2n) is 7.57. The molecule has 0 atom stereocenters. The fourth-order valence-corrected chi connectivity index (χ4v) is 3.64. The van der Waals surface area contributed by atoms with Gasteiger partial charge in [-0.05, 0) is 54.1 Å². The Bertz CT molecular complexity index is 1500. The van der Waals surface area contributed by atoms with Crippen molar-refractivity contribution in [3.05, 3.63) is 100 Å². The highest BCUT2D eigenvalue weighted by atomic mass is 19.4. The highest BCUT2D eigenvalue weighted by Crippen LogP contribution is 2.33. The van der Waals surface area contributed by atoms with E-state index in [4.69, 9.17) is 5.26 Å². The fourth-order valence-electron chi connectivity index (χ4n) is 3.64. The Balaban J connectivity index is 1.57. The maximum absolute atomic E-state index is 13.7. The molecule has 1 amide bonds. The summed E-state index contributed by atoms with van der Waals surface area (Å²) in [5.41, 5.74) is 2.46. The minimum Gasteiger partial charge on any atom is -0.507 e. The molecule has 3 aromatic carbocycles. The first-order valence-electron chi connectivity index (χ1n) is 10.2. The molecule has 2 N–H and O–H groups in total. The SMILES string of the molecule is N#Cc1cc(C(=O)N/N=C/c2cccc3c2ccn3Cc2cc(F)ccc2C(F)(F)F)ccc1O. The van der Waals surface area contributed by atoms with Crippen LogP contribution in [0.5, 0.6) is 5.75 Å². The summed E-state index contributed by atoms with van der Waals surface area (Å²) < 4.78 is 55.3. The first kappa shape index (κ1) is 23.5. The van der Waals surface area contributed by atoms with E-state index < -0.39 is 23.5 Å².